The predicted molar refractivity (Wildman–Crippen MR) is 91.1 cm³/mol. The van der Waals surface area contributed by atoms with Crippen molar-refractivity contribution in [3.8, 4) is 0 Å². The number of rotatable bonds is 5. The molecule has 0 saturated heterocycles. The smallest absolute Gasteiger partial charge is 0.360 e. The number of nitrogens with zero attached hydrogens (tertiary/aromatic N) is 4. The molecule has 1 amide bonds. The molecule has 7 nitrogen and oxygen atoms in total. The van der Waals surface area contributed by atoms with Gasteiger partial charge in [-0.25, -0.2) is 9.48 Å². The van der Waals surface area contributed by atoms with Crippen molar-refractivity contribution < 1.29 is 14.3 Å². The predicted octanol–water partition coefficient (Wildman–Crippen LogP) is 1.64. The third-order valence-electron chi connectivity index (χ3n) is 4.45. The van der Waals surface area contributed by atoms with Crippen LogP contribution in [-0.4, -0.2) is 52.5 Å². The van der Waals surface area contributed by atoms with Gasteiger partial charge in [0.05, 0.1) is 12.8 Å². The number of ether oxygens (including phenoxy) is 1. The zero-order chi connectivity index (χ0) is 17.8. The highest BCUT2D eigenvalue weighted by Gasteiger charge is 2.22. The van der Waals surface area contributed by atoms with Crippen LogP contribution in [0.1, 0.15) is 40.4 Å². The molecule has 1 aliphatic carbocycles. The summed E-state index contributed by atoms with van der Waals surface area (Å²) in [4.78, 5) is 25.3. The van der Waals surface area contributed by atoms with Crippen molar-refractivity contribution in [1.82, 2.24) is 19.9 Å². The van der Waals surface area contributed by atoms with E-state index < -0.39 is 5.97 Å². The van der Waals surface area contributed by atoms with Gasteiger partial charge < -0.3 is 9.64 Å². The van der Waals surface area contributed by atoms with Gasteiger partial charge >= 0.3 is 5.97 Å². The molecule has 1 aromatic heterocycles. The Kier molecular flexibility index (Phi) is 5.11. The first kappa shape index (κ1) is 17.1. The molecule has 1 aliphatic rings. The first-order valence-electron chi connectivity index (χ1n) is 8.40. The standard InChI is InChI=1S/C18H22N4O3/c1-21(2)17(23)11-22-10-16(19-20-22)18(24)25-12-14-8-5-7-13-6-3-4-9-15(13)14/h3-4,6,9-10,14H,5,7-8,11-12H2,1-2H3. The van der Waals surface area contributed by atoms with E-state index in [4.69, 9.17) is 4.74 Å². The van der Waals surface area contributed by atoms with E-state index in [-0.39, 0.29) is 24.1 Å². The summed E-state index contributed by atoms with van der Waals surface area (Å²) in [5.41, 5.74) is 2.72. The van der Waals surface area contributed by atoms with E-state index in [1.807, 2.05) is 12.1 Å². The maximum atomic E-state index is 12.2. The minimum absolute atomic E-state index is 0.0449. The zero-order valence-electron chi connectivity index (χ0n) is 14.5. The maximum absolute atomic E-state index is 12.2. The topological polar surface area (TPSA) is 77.3 Å². The number of fused-ring (bicyclic) bond motifs is 1. The molecule has 1 aromatic carbocycles. The van der Waals surface area contributed by atoms with E-state index in [0.29, 0.717) is 6.61 Å². The van der Waals surface area contributed by atoms with Gasteiger partial charge in [-0.15, -0.1) is 5.10 Å². The van der Waals surface area contributed by atoms with Crippen molar-refractivity contribution >= 4 is 11.9 Å². The fraction of sp³-hybridized carbons (Fsp3) is 0.444. The molecule has 3 rings (SSSR count). The third-order valence-corrected chi connectivity index (χ3v) is 4.45. The summed E-state index contributed by atoms with van der Waals surface area (Å²) in [6.45, 7) is 0.378. The number of aromatic nitrogens is 3. The number of hydrogen-bond donors (Lipinski definition) is 0. The second kappa shape index (κ2) is 7.46. The SMILES string of the molecule is CN(C)C(=O)Cn1cc(C(=O)OCC2CCCc3ccccc32)nn1. The van der Waals surface area contributed by atoms with Gasteiger partial charge in [0.15, 0.2) is 5.69 Å². The van der Waals surface area contributed by atoms with Crippen LogP contribution >= 0.6 is 0 Å². The fourth-order valence-corrected chi connectivity index (χ4v) is 3.03. The highest BCUT2D eigenvalue weighted by Crippen LogP contribution is 2.31. The number of carbonyl (C=O) groups is 2. The van der Waals surface area contributed by atoms with E-state index in [1.54, 1.807) is 14.1 Å². The first-order valence-corrected chi connectivity index (χ1v) is 8.40. The normalized spacial score (nSPS) is 16.2. The van der Waals surface area contributed by atoms with Gasteiger partial charge in [-0.05, 0) is 30.4 Å². The van der Waals surface area contributed by atoms with E-state index in [1.165, 1.54) is 26.9 Å². The second-order valence-corrected chi connectivity index (χ2v) is 6.48. The van der Waals surface area contributed by atoms with Crippen LogP contribution in [0, 0.1) is 0 Å². The van der Waals surface area contributed by atoms with Crippen molar-refractivity contribution in [3.05, 3.63) is 47.3 Å². The Morgan fingerprint density at radius 3 is 2.92 bits per heavy atom. The van der Waals surface area contributed by atoms with E-state index in [2.05, 4.69) is 22.4 Å². The molecule has 0 bridgehead atoms. The Hall–Kier alpha value is -2.70. The largest absolute Gasteiger partial charge is 0.460 e. The molecular weight excluding hydrogens is 320 g/mol. The number of likely N-dealkylation sites (N-methyl/N-ethyl adjacent to an activating group) is 1. The maximum Gasteiger partial charge on any atom is 0.360 e. The highest BCUT2D eigenvalue weighted by atomic mass is 16.5. The van der Waals surface area contributed by atoms with Crippen molar-refractivity contribution in [2.75, 3.05) is 20.7 Å². The fourth-order valence-electron chi connectivity index (χ4n) is 3.03. The first-order chi connectivity index (χ1) is 12.0. The van der Waals surface area contributed by atoms with Crippen LogP contribution in [-0.2, 0) is 22.5 Å². The Balaban J connectivity index is 1.59. The monoisotopic (exact) mass is 342 g/mol. The number of benzene rings is 1. The molecule has 25 heavy (non-hydrogen) atoms. The van der Waals surface area contributed by atoms with Crippen molar-refractivity contribution in [3.63, 3.8) is 0 Å². The molecular formula is C18H22N4O3. The minimum atomic E-state index is -0.508. The van der Waals surface area contributed by atoms with Gasteiger partial charge in [0, 0.05) is 20.0 Å². The summed E-state index contributed by atoms with van der Waals surface area (Å²) in [5.74, 6) is -0.408. The second-order valence-electron chi connectivity index (χ2n) is 6.48. The van der Waals surface area contributed by atoms with Crippen LogP contribution in [0.5, 0.6) is 0 Å². The zero-order valence-corrected chi connectivity index (χ0v) is 14.5. The molecule has 132 valence electrons. The molecule has 0 spiro atoms. The Morgan fingerprint density at radius 1 is 1.32 bits per heavy atom. The minimum Gasteiger partial charge on any atom is -0.460 e. The molecule has 7 heteroatoms. The van der Waals surface area contributed by atoms with E-state index >= 15 is 0 Å². The van der Waals surface area contributed by atoms with Gasteiger partial charge in [-0.1, -0.05) is 29.5 Å². The quantitative estimate of drug-likeness (QED) is 0.772. The average molecular weight is 342 g/mol. The molecule has 0 radical (unpaired) electrons. The van der Waals surface area contributed by atoms with Crippen LogP contribution in [0.25, 0.3) is 0 Å². The van der Waals surface area contributed by atoms with Gasteiger partial charge in [0.2, 0.25) is 5.91 Å². The van der Waals surface area contributed by atoms with Crippen LogP contribution < -0.4 is 0 Å². The molecule has 0 saturated carbocycles. The molecule has 1 atom stereocenters. The van der Waals surface area contributed by atoms with E-state index in [0.717, 1.165) is 19.3 Å². The summed E-state index contributed by atoms with van der Waals surface area (Å²) < 4.78 is 6.78. The Labute approximate surface area is 146 Å². The number of hydrogen-bond acceptors (Lipinski definition) is 5. The Bertz CT molecular complexity index is 769. The molecule has 2 aromatic rings. The molecule has 1 unspecified atom stereocenters. The lowest BCUT2D eigenvalue weighted by Crippen LogP contribution is -2.26. The van der Waals surface area contributed by atoms with Crippen molar-refractivity contribution in [1.29, 1.82) is 0 Å². The van der Waals surface area contributed by atoms with Crippen LogP contribution in [0.3, 0.4) is 0 Å². The molecule has 1 heterocycles. The van der Waals surface area contributed by atoms with Gasteiger partial charge in [-0.2, -0.15) is 0 Å². The lowest BCUT2D eigenvalue weighted by Gasteiger charge is -2.24. The van der Waals surface area contributed by atoms with Crippen molar-refractivity contribution in [2.45, 2.75) is 31.7 Å². The number of amides is 1. The van der Waals surface area contributed by atoms with Crippen LogP contribution in [0.2, 0.25) is 0 Å². The molecule has 0 N–H and O–H groups in total. The summed E-state index contributed by atoms with van der Waals surface area (Å²) in [6.07, 6.45) is 4.63. The van der Waals surface area contributed by atoms with Crippen molar-refractivity contribution in [2.24, 2.45) is 0 Å². The third kappa shape index (κ3) is 4.04. The van der Waals surface area contributed by atoms with E-state index in [9.17, 15) is 9.59 Å². The summed E-state index contributed by atoms with van der Waals surface area (Å²) in [5, 5.41) is 7.61. The number of aryl methyl sites for hydroxylation is 1. The molecule has 0 aliphatic heterocycles. The Morgan fingerprint density at radius 2 is 2.12 bits per heavy atom. The summed E-state index contributed by atoms with van der Waals surface area (Å²) in [7, 11) is 3.33. The summed E-state index contributed by atoms with van der Waals surface area (Å²) >= 11 is 0. The number of esters is 1. The lowest BCUT2D eigenvalue weighted by molar-refractivity contribution is -0.129. The number of carbonyl (C=O) groups excluding carboxylic acids is 2. The van der Waals surface area contributed by atoms with Crippen LogP contribution in [0.4, 0.5) is 0 Å². The van der Waals surface area contributed by atoms with Gasteiger partial charge in [-0.3, -0.25) is 4.79 Å². The highest BCUT2D eigenvalue weighted by molar-refractivity contribution is 5.86. The van der Waals surface area contributed by atoms with Gasteiger partial charge in [0.25, 0.3) is 0 Å². The van der Waals surface area contributed by atoms with Crippen LogP contribution in [0.15, 0.2) is 30.5 Å². The lowest BCUT2D eigenvalue weighted by atomic mass is 9.83. The average Bonchev–Trinajstić information content (AvgIpc) is 3.08. The summed E-state index contributed by atoms with van der Waals surface area (Å²) in [6, 6.07) is 8.31. The molecule has 0 fully saturated rings. The van der Waals surface area contributed by atoms with Gasteiger partial charge in [0.1, 0.15) is 6.54 Å².